The van der Waals surface area contributed by atoms with Gasteiger partial charge in [-0.1, -0.05) is 18.2 Å². The lowest BCUT2D eigenvalue weighted by Gasteiger charge is -2.18. The number of phenols is 1. The third kappa shape index (κ3) is 3.77. The van der Waals surface area contributed by atoms with Crippen molar-refractivity contribution < 1.29 is 27.5 Å². The van der Waals surface area contributed by atoms with Crippen molar-refractivity contribution in [2.24, 2.45) is 0 Å². The molecule has 0 bridgehead atoms. The summed E-state index contributed by atoms with van der Waals surface area (Å²) in [7, 11) is -4.28. The predicted octanol–water partition coefficient (Wildman–Crippen LogP) is 1.66. The number of benzene rings is 2. The lowest BCUT2D eigenvalue weighted by Crippen LogP contribution is -2.30. The van der Waals surface area contributed by atoms with Crippen molar-refractivity contribution >= 4 is 39.2 Å². The summed E-state index contributed by atoms with van der Waals surface area (Å²) in [6.45, 7) is 1.13. The minimum absolute atomic E-state index is 0.101. The third-order valence-corrected chi connectivity index (χ3v) is 5.14. The first-order chi connectivity index (χ1) is 12.7. The summed E-state index contributed by atoms with van der Waals surface area (Å²) in [5.74, 6) is -2.73. The number of halogens is 1. The Morgan fingerprint density at radius 3 is 2.56 bits per heavy atom. The molecule has 1 heterocycles. The Kier molecular flexibility index (Phi) is 4.62. The van der Waals surface area contributed by atoms with Crippen LogP contribution in [0.5, 0.6) is 5.75 Å². The number of amides is 3. The van der Waals surface area contributed by atoms with Crippen molar-refractivity contribution in [3.05, 3.63) is 47.8 Å². The third-order valence-electron chi connectivity index (χ3n) is 3.76. The Bertz CT molecular complexity index is 1020. The summed E-state index contributed by atoms with van der Waals surface area (Å²) >= 11 is 0. The first-order valence-electron chi connectivity index (χ1n) is 7.67. The molecule has 4 N–H and O–H groups in total. The van der Waals surface area contributed by atoms with Gasteiger partial charge < -0.3 is 15.7 Å². The van der Waals surface area contributed by atoms with E-state index < -0.39 is 45.9 Å². The van der Waals surface area contributed by atoms with E-state index in [1.54, 1.807) is 35.9 Å². The second-order valence-corrected chi connectivity index (χ2v) is 7.35. The van der Waals surface area contributed by atoms with Crippen molar-refractivity contribution in [3.63, 3.8) is 0 Å². The average Bonchev–Trinajstić information content (AvgIpc) is 2.81. The summed E-state index contributed by atoms with van der Waals surface area (Å²) in [5, 5.41) is 15.0. The van der Waals surface area contributed by atoms with Gasteiger partial charge in [-0.25, -0.2) is 18.2 Å². The molecule has 1 fully saturated rings. The van der Waals surface area contributed by atoms with E-state index >= 15 is 0 Å². The topological polar surface area (TPSA) is 128 Å². The van der Waals surface area contributed by atoms with Crippen LogP contribution in [0.2, 0.25) is 0 Å². The lowest BCUT2D eigenvalue weighted by molar-refractivity contribution is -0.117. The van der Waals surface area contributed by atoms with Crippen LogP contribution in [0, 0.1) is 12.7 Å². The number of nitrogens with zero attached hydrogens (tertiary/aromatic N) is 1. The van der Waals surface area contributed by atoms with Crippen LogP contribution in [-0.2, 0) is 15.0 Å². The number of urea groups is 1. The van der Waals surface area contributed by atoms with Gasteiger partial charge in [0.05, 0.1) is 0 Å². The Morgan fingerprint density at radius 2 is 1.96 bits per heavy atom. The van der Waals surface area contributed by atoms with E-state index in [0.29, 0.717) is 9.99 Å². The van der Waals surface area contributed by atoms with Crippen LogP contribution in [0.3, 0.4) is 0 Å². The number of aryl methyl sites for hydroxylation is 1. The zero-order valence-corrected chi connectivity index (χ0v) is 14.8. The zero-order chi connectivity index (χ0) is 19.8. The quantitative estimate of drug-likeness (QED) is 0.630. The number of nitrogens with one attached hydrogen (secondary N) is 3. The number of anilines is 3. The summed E-state index contributed by atoms with van der Waals surface area (Å²) in [6, 6.07) is 8.14. The summed E-state index contributed by atoms with van der Waals surface area (Å²) in [5.41, 5.74) is 0.575. The maximum atomic E-state index is 14.4. The minimum Gasteiger partial charge on any atom is -0.506 e. The van der Waals surface area contributed by atoms with Crippen LogP contribution >= 0.6 is 0 Å². The first-order valence-corrected chi connectivity index (χ1v) is 9.11. The van der Waals surface area contributed by atoms with Crippen LogP contribution in [0.25, 0.3) is 0 Å². The molecule has 0 spiro atoms. The Labute approximate surface area is 154 Å². The SMILES string of the molecule is Cc1ccccc1NC(=O)Nc1cc(O)c(N2CC(=O)NS2(=O)=O)c(F)c1. The molecule has 0 aromatic heterocycles. The highest BCUT2D eigenvalue weighted by atomic mass is 32.2. The molecule has 3 rings (SSSR count). The Balaban J connectivity index is 1.82. The predicted molar refractivity (Wildman–Crippen MR) is 96.3 cm³/mol. The van der Waals surface area contributed by atoms with E-state index in [1.807, 2.05) is 0 Å². The number of para-hydroxylation sites is 1. The number of hydrogen-bond donors (Lipinski definition) is 4. The lowest BCUT2D eigenvalue weighted by atomic mass is 10.2. The van der Waals surface area contributed by atoms with E-state index in [0.717, 1.165) is 17.7 Å². The van der Waals surface area contributed by atoms with Gasteiger partial charge in [0.1, 0.15) is 18.0 Å². The molecular formula is C16H15FN4O5S. The number of aromatic hydroxyl groups is 1. The number of carbonyl (C=O) groups excluding carboxylic acids is 2. The standard InChI is InChI=1S/C16H15FN4O5S/c1-9-4-2-3-5-12(9)19-16(24)18-10-6-11(17)15(13(22)7-10)21-8-14(23)20-27(21,25)26/h2-7,22H,8H2,1H3,(H,20,23)(H2,18,19,24). The fourth-order valence-electron chi connectivity index (χ4n) is 2.55. The fourth-order valence-corrected chi connectivity index (χ4v) is 3.72. The monoisotopic (exact) mass is 394 g/mol. The van der Waals surface area contributed by atoms with Crippen LogP contribution in [0.1, 0.15) is 5.56 Å². The molecule has 1 aliphatic rings. The molecule has 0 aliphatic carbocycles. The Morgan fingerprint density at radius 1 is 1.26 bits per heavy atom. The van der Waals surface area contributed by atoms with Gasteiger partial charge in [0, 0.05) is 17.4 Å². The van der Waals surface area contributed by atoms with Gasteiger partial charge in [0.2, 0.25) is 0 Å². The van der Waals surface area contributed by atoms with Gasteiger partial charge in [-0.2, -0.15) is 8.42 Å². The van der Waals surface area contributed by atoms with Crippen molar-refractivity contribution in [2.75, 3.05) is 21.5 Å². The van der Waals surface area contributed by atoms with Crippen LogP contribution in [-0.4, -0.2) is 32.0 Å². The molecule has 2 aromatic carbocycles. The summed E-state index contributed by atoms with van der Waals surface area (Å²) < 4.78 is 40.1. The van der Waals surface area contributed by atoms with Crippen LogP contribution in [0.15, 0.2) is 36.4 Å². The Hall–Kier alpha value is -3.34. The molecular weight excluding hydrogens is 379 g/mol. The number of phenolic OH excluding ortho intramolecular Hbond substituents is 1. The first kappa shape index (κ1) is 18.5. The smallest absolute Gasteiger partial charge is 0.326 e. The molecule has 0 unspecified atom stereocenters. The molecule has 0 radical (unpaired) electrons. The molecule has 2 aromatic rings. The van der Waals surface area contributed by atoms with Gasteiger partial charge in [0.15, 0.2) is 5.82 Å². The fraction of sp³-hybridized carbons (Fsp3) is 0.125. The maximum Gasteiger partial charge on any atom is 0.326 e. The molecule has 1 aliphatic heterocycles. The van der Waals surface area contributed by atoms with E-state index in [-0.39, 0.29) is 5.69 Å². The second kappa shape index (κ2) is 6.76. The molecule has 1 saturated heterocycles. The highest BCUT2D eigenvalue weighted by Crippen LogP contribution is 2.36. The summed E-state index contributed by atoms with van der Waals surface area (Å²) in [6.07, 6.45) is 0. The average molecular weight is 394 g/mol. The van der Waals surface area contributed by atoms with Crippen molar-refractivity contribution in [3.8, 4) is 5.75 Å². The molecule has 9 nitrogen and oxygen atoms in total. The van der Waals surface area contributed by atoms with E-state index in [9.17, 15) is 27.5 Å². The van der Waals surface area contributed by atoms with Gasteiger partial charge in [-0.3, -0.25) is 4.79 Å². The zero-order valence-electron chi connectivity index (χ0n) is 14.0. The molecule has 142 valence electrons. The van der Waals surface area contributed by atoms with Crippen molar-refractivity contribution in [1.29, 1.82) is 0 Å². The highest BCUT2D eigenvalue weighted by molar-refractivity contribution is 7.92. The molecule has 3 amide bonds. The largest absolute Gasteiger partial charge is 0.506 e. The second-order valence-electron chi connectivity index (χ2n) is 5.76. The number of carbonyl (C=O) groups is 2. The van der Waals surface area contributed by atoms with Crippen molar-refractivity contribution in [1.82, 2.24) is 4.72 Å². The summed E-state index contributed by atoms with van der Waals surface area (Å²) in [4.78, 5) is 23.3. The van der Waals surface area contributed by atoms with E-state index in [1.165, 1.54) is 0 Å². The molecule has 0 saturated carbocycles. The van der Waals surface area contributed by atoms with E-state index in [2.05, 4.69) is 10.6 Å². The van der Waals surface area contributed by atoms with E-state index in [4.69, 9.17) is 0 Å². The molecule has 0 atom stereocenters. The highest BCUT2D eigenvalue weighted by Gasteiger charge is 2.37. The number of hydrogen-bond acceptors (Lipinski definition) is 5. The van der Waals surface area contributed by atoms with Crippen LogP contribution < -0.4 is 19.7 Å². The number of rotatable bonds is 3. The molecule has 27 heavy (non-hydrogen) atoms. The minimum atomic E-state index is -4.28. The van der Waals surface area contributed by atoms with Gasteiger partial charge >= 0.3 is 16.2 Å². The van der Waals surface area contributed by atoms with Gasteiger partial charge in [-0.15, -0.1) is 0 Å². The van der Waals surface area contributed by atoms with Gasteiger partial charge in [-0.05, 0) is 24.6 Å². The van der Waals surface area contributed by atoms with Crippen molar-refractivity contribution in [2.45, 2.75) is 6.92 Å². The van der Waals surface area contributed by atoms with Gasteiger partial charge in [0.25, 0.3) is 5.91 Å². The molecule has 11 heteroatoms. The maximum absolute atomic E-state index is 14.4. The van der Waals surface area contributed by atoms with Crippen LogP contribution in [0.4, 0.5) is 26.2 Å². The normalized spacial score (nSPS) is 15.3.